The molecule has 33 heavy (non-hydrogen) atoms. The van der Waals surface area contributed by atoms with Crippen molar-refractivity contribution in [2.45, 2.75) is 23.9 Å². The maximum atomic E-state index is 13.6. The first-order valence-electron chi connectivity index (χ1n) is 11.3. The monoisotopic (exact) mass is 458 g/mol. The number of benzene rings is 3. The van der Waals surface area contributed by atoms with Gasteiger partial charge in [0, 0.05) is 32.7 Å². The molecule has 4 aromatic rings. The molecular weight excluding hydrogens is 432 g/mol. The van der Waals surface area contributed by atoms with E-state index in [1.54, 1.807) is 4.57 Å². The van der Waals surface area contributed by atoms with E-state index in [2.05, 4.69) is 5.32 Å². The van der Waals surface area contributed by atoms with Crippen LogP contribution in [0.2, 0.25) is 0 Å². The van der Waals surface area contributed by atoms with Crippen LogP contribution < -0.4 is 10.9 Å². The highest BCUT2D eigenvalue weighted by atomic mass is 32.2. The number of carbonyl (C=O) groups is 1. The van der Waals surface area contributed by atoms with Crippen molar-refractivity contribution in [1.29, 1.82) is 0 Å². The maximum Gasteiger partial charge on any atom is 0.262 e. The van der Waals surface area contributed by atoms with Gasteiger partial charge in [0.2, 0.25) is 5.91 Å². The van der Waals surface area contributed by atoms with Crippen molar-refractivity contribution in [3.05, 3.63) is 82.6 Å². The smallest absolute Gasteiger partial charge is 0.262 e. The lowest BCUT2D eigenvalue weighted by molar-refractivity contribution is -0.131. The molecule has 1 amide bonds. The number of aromatic nitrogens is 2. The van der Waals surface area contributed by atoms with E-state index >= 15 is 0 Å². The molecule has 1 fully saturated rings. The first kappa shape index (κ1) is 21.7. The summed E-state index contributed by atoms with van der Waals surface area (Å²) in [5, 5.41) is 6.06. The highest BCUT2D eigenvalue weighted by Gasteiger charge is 2.29. The van der Waals surface area contributed by atoms with E-state index in [0.29, 0.717) is 35.7 Å². The van der Waals surface area contributed by atoms with Gasteiger partial charge in [-0.05, 0) is 35.4 Å². The summed E-state index contributed by atoms with van der Waals surface area (Å²) in [6.07, 6.45) is 0. The van der Waals surface area contributed by atoms with E-state index in [1.807, 2.05) is 78.6 Å². The molecule has 1 saturated heterocycles. The van der Waals surface area contributed by atoms with Crippen LogP contribution in [0.3, 0.4) is 0 Å². The normalized spacial score (nSPS) is 15.1. The number of thioether (sulfide) groups is 1. The molecule has 5 rings (SSSR count). The van der Waals surface area contributed by atoms with Gasteiger partial charge in [-0.25, -0.2) is 4.98 Å². The van der Waals surface area contributed by atoms with Crippen molar-refractivity contribution < 1.29 is 4.79 Å². The van der Waals surface area contributed by atoms with Crippen molar-refractivity contribution in [3.63, 3.8) is 0 Å². The van der Waals surface area contributed by atoms with Gasteiger partial charge in [0.15, 0.2) is 5.16 Å². The van der Waals surface area contributed by atoms with Crippen molar-refractivity contribution in [3.8, 4) is 0 Å². The zero-order valence-electron chi connectivity index (χ0n) is 18.5. The minimum atomic E-state index is -0.466. The number of hydrogen-bond acceptors (Lipinski definition) is 5. The van der Waals surface area contributed by atoms with E-state index in [0.717, 1.165) is 29.4 Å². The molecule has 0 aliphatic carbocycles. The first-order valence-corrected chi connectivity index (χ1v) is 12.2. The number of hydrogen-bond donors (Lipinski definition) is 1. The number of nitrogens with one attached hydrogen (secondary N) is 1. The van der Waals surface area contributed by atoms with Crippen LogP contribution in [0.4, 0.5) is 0 Å². The summed E-state index contributed by atoms with van der Waals surface area (Å²) in [7, 11) is 0. The number of nitrogens with zero attached hydrogens (tertiary/aromatic N) is 3. The number of rotatable bonds is 5. The van der Waals surface area contributed by atoms with Gasteiger partial charge in [-0.3, -0.25) is 14.2 Å². The van der Waals surface area contributed by atoms with E-state index < -0.39 is 5.25 Å². The Balaban J connectivity index is 1.61. The second-order valence-corrected chi connectivity index (χ2v) is 9.22. The molecule has 1 aromatic heterocycles. The highest BCUT2D eigenvalue weighted by Crippen LogP contribution is 2.36. The third-order valence-electron chi connectivity index (χ3n) is 6.08. The summed E-state index contributed by atoms with van der Waals surface area (Å²) < 4.78 is 1.68. The Kier molecular flexibility index (Phi) is 6.15. The van der Waals surface area contributed by atoms with Crippen molar-refractivity contribution in [1.82, 2.24) is 19.8 Å². The van der Waals surface area contributed by atoms with Gasteiger partial charge in [-0.2, -0.15) is 0 Å². The van der Waals surface area contributed by atoms with Gasteiger partial charge < -0.3 is 10.2 Å². The largest absolute Gasteiger partial charge is 0.339 e. The number of fused-ring (bicyclic) bond motifs is 2. The molecule has 2 heterocycles. The molecule has 1 atom stereocenters. The van der Waals surface area contributed by atoms with Gasteiger partial charge in [0.25, 0.3) is 5.56 Å². The molecule has 0 spiro atoms. The standard InChI is InChI=1S/C26H26N4O2S/c1-2-30-24(31)21-16-19-10-6-7-11-20(19)17-22(21)28-26(30)33-23(18-8-4-3-5-9-18)25(32)29-14-12-27-13-15-29/h3-11,16-17,23,27H,2,12-15H2,1H3/t23-/m1/s1. The van der Waals surface area contributed by atoms with Crippen molar-refractivity contribution in [2.75, 3.05) is 26.2 Å². The Morgan fingerprint density at radius 3 is 2.39 bits per heavy atom. The Labute approximate surface area is 196 Å². The van der Waals surface area contributed by atoms with Crippen LogP contribution in [0, 0.1) is 0 Å². The summed E-state index contributed by atoms with van der Waals surface area (Å²) in [6, 6.07) is 21.6. The SMILES string of the molecule is CCn1c(S[C@@H](C(=O)N2CCNCC2)c2ccccc2)nc2cc3ccccc3cc2c1=O. The van der Waals surface area contributed by atoms with E-state index in [9.17, 15) is 9.59 Å². The van der Waals surface area contributed by atoms with E-state index in [1.165, 1.54) is 11.8 Å². The lowest BCUT2D eigenvalue weighted by Crippen LogP contribution is -2.47. The van der Waals surface area contributed by atoms with Crippen molar-refractivity contribution >= 4 is 39.3 Å². The lowest BCUT2D eigenvalue weighted by Gasteiger charge is -2.31. The molecule has 0 unspecified atom stereocenters. The Hall–Kier alpha value is -3.16. The van der Waals surface area contributed by atoms with Gasteiger partial charge in [-0.1, -0.05) is 66.4 Å². The second-order valence-electron chi connectivity index (χ2n) is 8.14. The fourth-order valence-electron chi connectivity index (χ4n) is 4.30. The van der Waals surface area contributed by atoms with Gasteiger partial charge >= 0.3 is 0 Å². The molecule has 0 bridgehead atoms. The minimum Gasteiger partial charge on any atom is -0.339 e. The maximum absolute atomic E-state index is 13.6. The number of piperazine rings is 1. The average Bonchev–Trinajstić information content (AvgIpc) is 2.87. The molecular formula is C26H26N4O2S. The van der Waals surface area contributed by atoms with Crippen molar-refractivity contribution in [2.24, 2.45) is 0 Å². The molecule has 168 valence electrons. The molecule has 7 heteroatoms. The summed E-state index contributed by atoms with van der Waals surface area (Å²) in [6.45, 7) is 5.37. The zero-order chi connectivity index (χ0) is 22.8. The lowest BCUT2D eigenvalue weighted by atomic mass is 10.1. The molecule has 1 aliphatic heterocycles. The Bertz CT molecular complexity index is 1360. The Morgan fingerprint density at radius 1 is 1.03 bits per heavy atom. The molecule has 0 saturated carbocycles. The Morgan fingerprint density at radius 2 is 1.70 bits per heavy atom. The van der Waals surface area contributed by atoms with Crippen LogP contribution >= 0.6 is 11.8 Å². The first-order chi connectivity index (χ1) is 16.2. The summed E-state index contributed by atoms with van der Waals surface area (Å²) in [4.78, 5) is 33.8. The van der Waals surface area contributed by atoms with Gasteiger partial charge in [0.05, 0.1) is 10.9 Å². The summed E-state index contributed by atoms with van der Waals surface area (Å²) in [5.41, 5.74) is 1.51. The van der Waals surface area contributed by atoms with Crippen LogP contribution in [0.5, 0.6) is 0 Å². The topological polar surface area (TPSA) is 67.2 Å². The predicted molar refractivity (Wildman–Crippen MR) is 134 cm³/mol. The molecule has 0 radical (unpaired) electrons. The van der Waals surface area contributed by atoms with Crippen LogP contribution in [-0.2, 0) is 11.3 Å². The third kappa shape index (κ3) is 4.26. The number of carbonyl (C=O) groups excluding carboxylic acids is 1. The van der Waals surface area contributed by atoms with E-state index in [4.69, 9.17) is 4.98 Å². The zero-order valence-corrected chi connectivity index (χ0v) is 19.3. The van der Waals surface area contributed by atoms with Crippen LogP contribution in [0.15, 0.2) is 76.7 Å². The highest BCUT2D eigenvalue weighted by molar-refractivity contribution is 8.00. The van der Waals surface area contributed by atoms with Gasteiger partial charge in [0.1, 0.15) is 5.25 Å². The van der Waals surface area contributed by atoms with Gasteiger partial charge in [-0.15, -0.1) is 0 Å². The molecule has 3 aromatic carbocycles. The van der Waals surface area contributed by atoms with E-state index in [-0.39, 0.29) is 11.5 Å². The fraction of sp³-hybridized carbons (Fsp3) is 0.269. The third-order valence-corrected chi connectivity index (χ3v) is 7.31. The molecule has 1 N–H and O–H groups in total. The quantitative estimate of drug-likeness (QED) is 0.280. The van der Waals surface area contributed by atoms with Crippen LogP contribution in [0.25, 0.3) is 21.7 Å². The summed E-state index contributed by atoms with van der Waals surface area (Å²) in [5.74, 6) is 0.0585. The average molecular weight is 459 g/mol. The minimum absolute atomic E-state index is 0.0585. The number of amides is 1. The van der Waals surface area contributed by atoms with Crippen LogP contribution in [-0.4, -0.2) is 46.5 Å². The molecule has 6 nitrogen and oxygen atoms in total. The van der Waals surface area contributed by atoms with Crippen LogP contribution in [0.1, 0.15) is 17.7 Å². The second kappa shape index (κ2) is 9.37. The summed E-state index contributed by atoms with van der Waals surface area (Å²) >= 11 is 1.37. The molecule has 1 aliphatic rings. The predicted octanol–water partition coefficient (Wildman–Crippen LogP) is 3.83. The fourth-order valence-corrected chi connectivity index (χ4v) is 5.55.